The molecule has 2 fully saturated rings. The molecule has 2 heterocycles. The fourth-order valence-electron chi connectivity index (χ4n) is 6.39. The number of piperazine rings is 1. The van der Waals surface area contributed by atoms with E-state index >= 15 is 0 Å². The lowest BCUT2D eigenvalue weighted by Crippen LogP contribution is -2.51. The number of hydrogen-bond acceptors (Lipinski definition) is 4. The van der Waals surface area contributed by atoms with E-state index in [0.717, 1.165) is 44.3 Å². The third-order valence-corrected chi connectivity index (χ3v) is 8.57. The molecule has 0 unspecified atom stereocenters. The van der Waals surface area contributed by atoms with E-state index in [1.807, 2.05) is 12.1 Å². The Hall–Kier alpha value is -2.08. The van der Waals surface area contributed by atoms with Crippen LogP contribution in [0.2, 0.25) is 5.02 Å². The number of benzene rings is 2. The van der Waals surface area contributed by atoms with Gasteiger partial charge in [0.25, 0.3) is 0 Å². The lowest BCUT2D eigenvalue weighted by atomic mass is 9.87. The van der Waals surface area contributed by atoms with Crippen molar-refractivity contribution in [3.8, 4) is 0 Å². The molecule has 2 aromatic carbocycles. The number of aryl methyl sites for hydroxylation is 1. The standard InChI is InChI=1S/C31H45ClN4O/c1-21(2)30(33(6)7)26-18-23(5)8-13-29(26)34-14-16-35(17-15-34)31(37)28-20-36(22(3)4)19-27(28)24-9-11-25(32)12-10-24/h8-13,18,21-22,27-28,30H,14-17,19-20H2,1-7H3/t27-,28+,30-/m0/s1. The van der Waals surface area contributed by atoms with Gasteiger partial charge < -0.3 is 14.7 Å². The third kappa shape index (κ3) is 6.16. The van der Waals surface area contributed by atoms with Crippen molar-refractivity contribution in [3.63, 3.8) is 0 Å². The lowest BCUT2D eigenvalue weighted by molar-refractivity contribution is -0.135. The van der Waals surface area contributed by atoms with Crippen LogP contribution < -0.4 is 4.90 Å². The molecule has 2 aliphatic heterocycles. The van der Waals surface area contributed by atoms with E-state index in [1.165, 1.54) is 22.4 Å². The van der Waals surface area contributed by atoms with Crippen LogP contribution in [-0.4, -0.2) is 80.0 Å². The van der Waals surface area contributed by atoms with Crippen molar-refractivity contribution in [3.05, 3.63) is 64.2 Å². The summed E-state index contributed by atoms with van der Waals surface area (Å²) in [5.41, 5.74) is 5.23. The largest absolute Gasteiger partial charge is 0.368 e. The minimum absolute atomic E-state index is 0.0101. The Kier molecular flexibility index (Phi) is 8.88. The summed E-state index contributed by atoms with van der Waals surface area (Å²) < 4.78 is 0. The van der Waals surface area contributed by atoms with E-state index in [1.54, 1.807) is 0 Å². The first kappa shape index (κ1) is 27.9. The van der Waals surface area contributed by atoms with Crippen LogP contribution in [0.3, 0.4) is 0 Å². The molecule has 0 aliphatic carbocycles. The van der Waals surface area contributed by atoms with Gasteiger partial charge in [-0.3, -0.25) is 9.69 Å². The van der Waals surface area contributed by atoms with E-state index in [2.05, 4.69) is 98.6 Å². The molecule has 0 N–H and O–H groups in total. The van der Waals surface area contributed by atoms with Gasteiger partial charge in [-0.1, -0.05) is 55.3 Å². The second-order valence-corrected chi connectivity index (χ2v) is 12.3. The average Bonchev–Trinajstić information content (AvgIpc) is 3.30. The molecule has 0 spiro atoms. The summed E-state index contributed by atoms with van der Waals surface area (Å²) in [5.74, 6) is 1.01. The lowest BCUT2D eigenvalue weighted by Gasteiger charge is -2.40. The summed E-state index contributed by atoms with van der Waals surface area (Å²) in [7, 11) is 4.35. The van der Waals surface area contributed by atoms with Crippen molar-refractivity contribution >= 4 is 23.2 Å². The SMILES string of the molecule is Cc1ccc(N2CCN(C(=O)[C@@H]3CN(C(C)C)C[C@H]3c3ccc(Cl)cc3)CC2)c([C@H](C(C)C)N(C)C)c1. The smallest absolute Gasteiger partial charge is 0.227 e. The van der Waals surface area contributed by atoms with Gasteiger partial charge in [0.2, 0.25) is 5.91 Å². The Bertz CT molecular complexity index is 1050. The van der Waals surface area contributed by atoms with Gasteiger partial charge in [-0.15, -0.1) is 0 Å². The number of carbonyl (C=O) groups excluding carboxylic acids is 1. The first-order valence-electron chi connectivity index (χ1n) is 13.9. The number of anilines is 1. The van der Waals surface area contributed by atoms with Gasteiger partial charge in [0.15, 0.2) is 0 Å². The third-order valence-electron chi connectivity index (χ3n) is 8.32. The number of nitrogens with zero attached hydrogens (tertiary/aromatic N) is 4. The minimum Gasteiger partial charge on any atom is -0.368 e. The van der Waals surface area contributed by atoms with Crippen LogP contribution in [0.5, 0.6) is 0 Å². The first-order chi connectivity index (χ1) is 17.6. The molecule has 5 nitrogen and oxygen atoms in total. The highest BCUT2D eigenvalue weighted by Crippen LogP contribution is 2.37. The summed E-state index contributed by atoms with van der Waals surface area (Å²) in [6, 6.07) is 15.7. The summed E-state index contributed by atoms with van der Waals surface area (Å²) in [4.78, 5) is 23.3. The molecule has 3 atom stereocenters. The van der Waals surface area contributed by atoms with Crippen LogP contribution in [0.1, 0.15) is 56.3 Å². The van der Waals surface area contributed by atoms with Crippen molar-refractivity contribution < 1.29 is 4.79 Å². The summed E-state index contributed by atoms with van der Waals surface area (Å²) in [5, 5.41) is 0.742. The zero-order valence-corrected chi connectivity index (χ0v) is 24.5. The van der Waals surface area contributed by atoms with Crippen molar-refractivity contribution in [1.29, 1.82) is 0 Å². The molecule has 0 bridgehead atoms. The zero-order valence-electron chi connectivity index (χ0n) is 23.7. The van der Waals surface area contributed by atoms with Crippen molar-refractivity contribution in [2.75, 3.05) is 58.3 Å². The Balaban J connectivity index is 1.50. The van der Waals surface area contributed by atoms with Gasteiger partial charge in [0.1, 0.15) is 0 Å². The molecule has 202 valence electrons. The number of amides is 1. The van der Waals surface area contributed by atoms with Crippen LogP contribution in [-0.2, 0) is 4.79 Å². The normalized spacial score (nSPS) is 21.9. The Morgan fingerprint density at radius 2 is 1.59 bits per heavy atom. The average molecular weight is 525 g/mol. The second-order valence-electron chi connectivity index (χ2n) is 11.8. The number of hydrogen-bond donors (Lipinski definition) is 0. The first-order valence-corrected chi connectivity index (χ1v) is 14.2. The number of likely N-dealkylation sites (tertiary alicyclic amines) is 1. The molecule has 6 heteroatoms. The van der Waals surface area contributed by atoms with E-state index in [9.17, 15) is 4.79 Å². The predicted molar refractivity (Wildman–Crippen MR) is 156 cm³/mol. The van der Waals surface area contributed by atoms with Crippen molar-refractivity contribution in [1.82, 2.24) is 14.7 Å². The van der Waals surface area contributed by atoms with E-state index in [4.69, 9.17) is 11.6 Å². The molecule has 2 aromatic rings. The van der Waals surface area contributed by atoms with Crippen LogP contribution in [0.4, 0.5) is 5.69 Å². The van der Waals surface area contributed by atoms with Crippen molar-refractivity contribution in [2.24, 2.45) is 11.8 Å². The molecule has 4 rings (SSSR count). The Labute approximate surface area is 229 Å². The molecular formula is C31H45ClN4O. The number of halogens is 1. The van der Waals surface area contributed by atoms with Gasteiger partial charge in [0.05, 0.1) is 5.92 Å². The zero-order chi connectivity index (χ0) is 26.9. The van der Waals surface area contributed by atoms with E-state index < -0.39 is 0 Å². The Morgan fingerprint density at radius 1 is 0.946 bits per heavy atom. The van der Waals surface area contributed by atoms with Gasteiger partial charge in [-0.2, -0.15) is 0 Å². The summed E-state index contributed by atoms with van der Waals surface area (Å²) in [6.45, 7) is 16.2. The van der Waals surface area contributed by atoms with Gasteiger partial charge in [-0.05, 0) is 70.1 Å². The molecule has 37 heavy (non-hydrogen) atoms. The van der Waals surface area contributed by atoms with Gasteiger partial charge >= 0.3 is 0 Å². The number of carbonyl (C=O) groups is 1. The van der Waals surface area contributed by atoms with Crippen LogP contribution in [0.25, 0.3) is 0 Å². The highest BCUT2D eigenvalue weighted by Gasteiger charge is 2.41. The maximum Gasteiger partial charge on any atom is 0.227 e. The Morgan fingerprint density at radius 3 is 2.16 bits per heavy atom. The highest BCUT2D eigenvalue weighted by atomic mass is 35.5. The maximum atomic E-state index is 13.9. The molecule has 2 aliphatic rings. The maximum absolute atomic E-state index is 13.9. The highest BCUT2D eigenvalue weighted by molar-refractivity contribution is 6.30. The molecule has 0 saturated carbocycles. The van der Waals surface area contributed by atoms with E-state index in [-0.39, 0.29) is 11.8 Å². The van der Waals surface area contributed by atoms with Crippen LogP contribution in [0.15, 0.2) is 42.5 Å². The quantitative estimate of drug-likeness (QED) is 0.466. The summed E-state index contributed by atoms with van der Waals surface area (Å²) >= 11 is 6.16. The molecule has 0 aromatic heterocycles. The number of rotatable bonds is 7. The fraction of sp³-hybridized carbons (Fsp3) is 0.581. The monoisotopic (exact) mass is 524 g/mol. The van der Waals surface area contributed by atoms with E-state index in [0.29, 0.717) is 23.9 Å². The molecule has 0 radical (unpaired) electrons. The predicted octanol–water partition coefficient (Wildman–Crippen LogP) is 5.68. The summed E-state index contributed by atoms with van der Waals surface area (Å²) in [6.07, 6.45) is 0. The second kappa shape index (κ2) is 11.8. The fourth-order valence-corrected chi connectivity index (χ4v) is 6.51. The van der Waals surface area contributed by atoms with Crippen LogP contribution >= 0.6 is 11.6 Å². The van der Waals surface area contributed by atoms with Crippen LogP contribution in [0, 0.1) is 18.8 Å². The molecule has 1 amide bonds. The topological polar surface area (TPSA) is 30.0 Å². The molecular weight excluding hydrogens is 480 g/mol. The van der Waals surface area contributed by atoms with Gasteiger partial charge in [-0.25, -0.2) is 0 Å². The minimum atomic E-state index is -0.0101. The van der Waals surface area contributed by atoms with Gasteiger partial charge in [0, 0.05) is 68.0 Å². The van der Waals surface area contributed by atoms with Crippen molar-refractivity contribution in [2.45, 2.75) is 52.6 Å². The molecule has 2 saturated heterocycles.